The van der Waals surface area contributed by atoms with Gasteiger partial charge < -0.3 is 16.0 Å². The second-order valence-electron chi connectivity index (χ2n) is 8.07. The third kappa shape index (κ3) is 4.64. The van der Waals surface area contributed by atoms with Crippen molar-refractivity contribution in [3.8, 4) is 0 Å². The summed E-state index contributed by atoms with van der Waals surface area (Å²) in [5.74, 6) is 0.0259. The van der Waals surface area contributed by atoms with Gasteiger partial charge in [-0.2, -0.15) is 0 Å². The van der Waals surface area contributed by atoms with Crippen LogP contribution in [0.25, 0.3) is 0 Å². The van der Waals surface area contributed by atoms with Crippen LogP contribution in [0.2, 0.25) is 0 Å². The molecule has 0 bridgehead atoms. The van der Waals surface area contributed by atoms with Gasteiger partial charge in [-0.25, -0.2) is 4.79 Å². The van der Waals surface area contributed by atoms with Crippen LogP contribution in [-0.4, -0.2) is 43.0 Å². The summed E-state index contributed by atoms with van der Waals surface area (Å²) in [5.41, 5.74) is 2.29. The highest BCUT2D eigenvalue weighted by Gasteiger charge is 2.28. The van der Waals surface area contributed by atoms with Crippen molar-refractivity contribution in [2.24, 2.45) is 5.92 Å². The zero-order chi connectivity index (χ0) is 20.3. The van der Waals surface area contributed by atoms with Gasteiger partial charge in [0.15, 0.2) is 0 Å². The van der Waals surface area contributed by atoms with E-state index in [9.17, 15) is 14.4 Å². The summed E-state index contributed by atoms with van der Waals surface area (Å²) >= 11 is 0. The van der Waals surface area contributed by atoms with Crippen molar-refractivity contribution in [2.75, 3.05) is 18.0 Å². The first kappa shape index (κ1) is 20.2. The number of hydrogen-bond donors (Lipinski definition) is 3. The van der Waals surface area contributed by atoms with E-state index in [1.165, 1.54) is 0 Å². The number of benzene rings is 1. The van der Waals surface area contributed by atoms with Gasteiger partial charge in [-0.3, -0.25) is 14.5 Å². The van der Waals surface area contributed by atoms with Gasteiger partial charge in [-0.15, -0.1) is 0 Å². The number of anilines is 1. The molecule has 1 aliphatic heterocycles. The molecule has 28 heavy (non-hydrogen) atoms. The fourth-order valence-electron chi connectivity index (χ4n) is 3.91. The van der Waals surface area contributed by atoms with E-state index in [1.807, 2.05) is 26.8 Å². The molecule has 0 atom stereocenters. The van der Waals surface area contributed by atoms with E-state index in [0.717, 1.165) is 36.9 Å². The maximum atomic E-state index is 12.7. The van der Waals surface area contributed by atoms with Crippen molar-refractivity contribution in [3.63, 3.8) is 0 Å². The van der Waals surface area contributed by atoms with Gasteiger partial charge in [-0.05, 0) is 64.2 Å². The summed E-state index contributed by atoms with van der Waals surface area (Å²) < 4.78 is 0. The number of rotatable bonds is 5. The molecule has 0 spiro atoms. The molecule has 152 valence electrons. The minimum atomic E-state index is -0.129. The second kappa shape index (κ2) is 8.63. The first-order valence-electron chi connectivity index (χ1n) is 10.1. The lowest BCUT2D eigenvalue weighted by Gasteiger charge is -2.29. The summed E-state index contributed by atoms with van der Waals surface area (Å²) in [6.07, 6.45) is 3.18. The Labute approximate surface area is 166 Å². The number of aryl methyl sites for hydroxylation is 1. The predicted molar refractivity (Wildman–Crippen MR) is 108 cm³/mol. The van der Waals surface area contributed by atoms with Crippen molar-refractivity contribution in [1.82, 2.24) is 16.0 Å². The average Bonchev–Trinajstić information content (AvgIpc) is 3.08. The summed E-state index contributed by atoms with van der Waals surface area (Å²) in [6.45, 7) is 7.08. The minimum Gasteiger partial charge on any atom is -0.354 e. The number of nitrogens with one attached hydrogen (secondary N) is 3. The molecule has 7 nitrogen and oxygen atoms in total. The molecule has 1 saturated carbocycles. The topological polar surface area (TPSA) is 90.5 Å². The van der Waals surface area contributed by atoms with E-state index in [1.54, 1.807) is 17.0 Å². The van der Waals surface area contributed by atoms with E-state index in [4.69, 9.17) is 0 Å². The maximum absolute atomic E-state index is 12.7. The van der Waals surface area contributed by atoms with Gasteiger partial charge in [0.05, 0.1) is 0 Å². The zero-order valence-electron chi connectivity index (χ0n) is 16.9. The van der Waals surface area contributed by atoms with Crippen LogP contribution in [0.1, 0.15) is 55.5 Å². The molecule has 2 aliphatic rings. The highest BCUT2D eigenvalue weighted by Crippen LogP contribution is 2.26. The molecule has 1 aliphatic carbocycles. The standard InChI is InChI=1S/C21H30N4O3/c1-13(2)23-19(26)15-6-8-17(9-7-15)24-20(27)16-5-4-14(3)18(12-16)25-11-10-22-21(25)28/h4-5,12-13,15,17H,6-11H2,1-3H3,(H,22,28)(H,23,26)(H,24,27). The molecule has 3 N–H and O–H groups in total. The van der Waals surface area contributed by atoms with E-state index in [-0.39, 0.29) is 35.8 Å². The number of carbonyl (C=O) groups excluding carboxylic acids is 3. The lowest BCUT2D eigenvalue weighted by molar-refractivity contribution is -0.126. The Morgan fingerprint density at radius 1 is 1.18 bits per heavy atom. The number of urea groups is 1. The van der Waals surface area contributed by atoms with E-state index < -0.39 is 0 Å². The van der Waals surface area contributed by atoms with E-state index >= 15 is 0 Å². The summed E-state index contributed by atoms with van der Waals surface area (Å²) in [5, 5.41) is 8.85. The Bertz CT molecular complexity index is 754. The van der Waals surface area contributed by atoms with Gasteiger partial charge in [0, 0.05) is 42.3 Å². The SMILES string of the molecule is Cc1ccc(C(=O)NC2CCC(C(=O)NC(C)C)CC2)cc1N1CCNC1=O. The largest absolute Gasteiger partial charge is 0.354 e. The van der Waals surface area contributed by atoms with Crippen molar-refractivity contribution < 1.29 is 14.4 Å². The van der Waals surface area contributed by atoms with Crippen LogP contribution in [0.4, 0.5) is 10.5 Å². The Morgan fingerprint density at radius 3 is 2.50 bits per heavy atom. The zero-order valence-corrected chi connectivity index (χ0v) is 16.9. The molecule has 1 aromatic rings. The van der Waals surface area contributed by atoms with Gasteiger partial charge in [0.1, 0.15) is 0 Å². The predicted octanol–water partition coefficient (Wildman–Crippen LogP) is 2.34. The highest BCUT2D eigenvalue weighted by atomic mass is 16.2. The summed E-state index contributed by atoms with van der Waals surface area (Å²) in [6, 6.07) is 5.57. The molecule has 0 unspecified atom stereocenters. The highest BCUT2D eigenvalue weighted by molar-refractivity contribution is 5.99. The average molecular weight is 386 g/mol. The molecule has 1 saturated heterocycles. The van der Waals surface area contributed by atoms with Crippen molar-refractivity contribution in [3.05, 3.63) is 29.3 Å². The Kier molecular flexibility index (Phi) is 6.21. The molecular weight excluding hydrogens is 356 g/mol. The van der Waals surface area contributed by atoms with Crippen LogP contribution in [0, 0.1) is 12.8 Å². The lowest BCUT2D eigenvalue weighted by Crippen LogP contribution is -2.42. The third-order valence-corrected chi connectivity index (χ3v) is 5.48. The summed E-state index contributed by atoms with van der Waals surface area (Å²) in [4.78, 5) is 38.5. The Balaban J connectivity index is 1.58. The third-order valence-electron chi connectivity index (χ3n) is 5.48. The van der Waals surface area contributed by atoms with Crippen LogP contribution in [0.15, 0.2) is 18.2 Å². The van der Waals surface area contributed by atoms with Gasteiger partial charge in [0.25, 0.3) is 5.91 Å². The Morgan fingerprint density at radius 2 is 1.89 bits per heavy atom. The van der Waals surface area contributed by atoms with E-state index in [0.29, 0.717) is 18.7 Å². The molecule has 4 amide bonds. The van der Waals surface area contributed by atoms with Crippen LogP contribution in [0.3, 0.4) is 0 Å². The summed E-state index contributed by atoms with van der Waals surface area (Å²) in [7, 11) is 0. The molecule has 0 aromatic heterocycles. The van der Waals surface area contributed by atoms with E-state index in [2.05, 4.69) is 16.0 Å². The number of nitrogens with zero attached hydrogens (tertiary/aromatic N) is 1. The molecule has 2 fully saturated rings. The van der Waals surface area contributed by atoms with Gasteiger partial charge in [0.2, 0.25) is 5.91 Å². The number of amides is 4. The normalized spacial score (nSPS) is 22.1. The van der Waals surface area contributed by atoms with Crippen molar-refractivity contribution in [1.29, 1.82) is 0 Å². The van der Waals surface area contributed by atoms with Crippen LogP contribution in [-0.2, 0) is 4.79 Å². The van der Waals surface area contributed by atoms with Crippen LogP contribution >= 0.6 is 0 Å². The Hall–Kier alpha value is -2.57. The molecule has 0 radical (unpaired) electrons. The smallest absolute Gasteiger partial charge is 0.322 e. The monoisotopic (exact) mass is 386 g/mol. The molecule has 7 heteroatoms. The fraction of sp³-hybridized carbons (Fsp3) is 0.571. The second-order valence-corrected chi connectivity index (χ2v) is 8.07. The van der Waals surface area contributed by atoms with Crippen molar-refractivity contribution in [2.45, 2.75) is 58.5 Å². The fourth-order valence-corrected chi connectivity index (χ4v) is 3.91. The molecular formula is C21H30N4O3. The maximum Gasteiger partial charge on any atom is 0.322 e. The number of hydrogen-bond acceptors (Lipinski definition) is 3. The first-order valence-corrected chi connectivity index (χ1v) is 10.1. The van der Waals surface area contributed by atoms with Gasteiger partial charge in [-0.1, -0.05) is 6.07 Å². The van der Waals surface area contributed by atoms with Crippen LogP contribution < -0.4 is 20.9 Å². The van der Waals surface area contributed by atoms with Crippen molar-refractivity contribution >= 4 is 23.5 Å². The molecule has 3 rings (SSSR count). The quantitative estimate of drug-likeness (QED) is 0.725. The molecule has 1 aromatic carbocycles. The molecule has 1 heterocycles. The van der Waals surface area contributed by atoms with Crippen LogP contribution in [0.5, 0.6) is 0 Å². The lowest BCUT2D eigenvalue weighted by atomic mass is 9.85. The number of carbonyl (C=O) groups is 3. The minimum absolute atomic E-state index is 0.0372. The first-order chi connectivity index (χ1) is 13.3. The van der Waals surface area contributed by atoms with Gasteiger partial charge >= 0.3 is 6.03 Å².